The zero-order valence-electron chi connectivity index (χ0n) is 7.61. The van der Waals surface area contributed by atoms with Crippen molar-refractivity contribution in [1.82, 2.24) is 4.98 Å². The van der Waals surface area contributed by atoms with Gasteiger partial charge in [0, 0.05) is 0 Å². The van der Waals surface area contributed by atoms with Crippen molar-refractivity contribution in [3.8, 4) is 6.07 Å². The van der Waals surface area contributed by atoms with Crippen LogP contribution >= 0.6 is 11.6 Å². The highest BCUT2D eigenvalue weighted by molar-refractivity contribution is 6.31. The minimum atomic E-state index is -0.713. The second kappa shape index (κ2) is 4.38. The summed E-state index contributed by atoms with van der Waals surface area (Å²) in [5.41, 5.74) is 6.23. The molecule has 3 N–H and O–H groups in total. The van der Waals surface area contributed by atoms with E-state index in [2.05, 4.69) is 4.98 Å². The van der Waals surface area contributed by atoms with Crippen LogP contribution in [-0.2, 0) is 0 Å². The molecule has 1 aromatic rings. The van der Waals surface area contributed by atoms with Crippen LogP contribution in [0.5, 0.6) is 0 Å². The van der Waals surface area contributed by atoms with E-state index < -0.39 is 12.1 Å². The number of pyridine rings is 1. The highest BCUT2D eigenvalue weighted by atomic mass is 35.5. The van der Waals surface area contributed by atoms with E-state index in [-0.39, 0.29) is 10.7 Å². The molecule has 2 atom stereocenters. The van der Waals surface area contributed by atoms with Crippen molar-refractivity contribution in [3.63, 3.8) is 0 Å². The van der Waals surface area contributed by atoms with Crippen molar-refractivity contribution < 1.29 is 5.11 Å². The second-order valence-electron chi connectivity index (χ2n) is 2.94. The summed E-state index contributed by atoms with van der Waals surface area (Å²) in [7, 11) is 0. The molecule has 0 bridgehead atoms. The number of hydrogen-bond acceptors (Lipinski definition) is 4. The molecule has 0 saturated heterocycles. The smallest absolute Gasteiger partial charge is 0.159 e. The topological polar surface area (TPSA) is 82.9 Å². The molecule has 0 saturated carbocycles. The molecule has 1 aromatic heterocycles. The van der Waals surface area contributed by atoms with Gasteiger partial charge in [0.1, 0.15) is 6.07 Å². The van der Waals surface area contributed by atoms with Gasteiger partial charge in [0.2, 0.25) is 0 Å². The summed E-state index contributed by atoms with van der Waals surface area (Å²) < 4.78 is 0. The van der Waals surface area contributed by atoms with Crippen LogP contribution in [0.3, 0.4) is 0 Å². The molecule has 1 rings (SSSR count). The molecule has 0 radical (unpaired) electrons. The molecule has 0 spiro atoms. The van der Waals surface area contributed by atoms with Crippen LogP contribution in [0.25, 0.3) is 0 Å². The first-order chi connectivity index (χ1) is 6.56. The lowest BCUT2D eigenvalue weighted by Crippen LogP contribution is -2.24. The molecule has 0 aliphatic rings. The fourth-order valence-corrected chi connectivity index (χ4v) is 1.12. The van der Waals surface area contributed by atoms with E-state index in [0.717, 1.165) is 0 Å². The van der Waals surface area contributed by atoms with Gasteiger partial charge in [-0.25, -0.2) is 4.98 Å². The van der Waals surface area contributed by atoms with Crippen LogP contribution in [0.2, 0.25) is 5.02 Å². The zero-order chi connectivity index (χ0) is 10.7. The Morgan fingerprint density at radius 1 is 1.64 bits per heavy atom. The summed E-state index contributed by atoms with van der Waals surface area (Å²) in [6, 6.07) is 4.40. The highest BCUT2D eigenvalue weighted by Gasteiger charge is 2.14. The maximum Gasteiger partial charge on any atom is 0.159 e. The minimum absolute atomic E-state index is 0.125. The third kappa shape index (κ3) is 2.20. The maximum absolute atomic E-state index is 9.23. The van der Waals surface area contributed by atoms with Crippen LogP contribution < -0.4 is 5.73 Å². The van der Waals surface area contributed by atoms with Gasteiger partial charge in [-0.2, -0.15) is 5.26 Å². The highest BCUT2D eigenvalue weighted by Crippen LogP contribution is 2.17. The van der Waals surface area contributed by atoms with E-state index in [0.29, 0.717) is 5.69 Å². The fraction of sp³-hybridized carbons (Fsp3) is 0.333. The van der Waals surface area contributed by atoms with Crippen molar-refractivity contribution in [1.29, 1.82) is 5.26 Å². The van der Waals surface area contributed by atoms with Crippen molar-refractivity contribution >= 4 is 11.6 Å². The summed E-state index contributed by atoms with van der Waals surface area (Å²) in [5.74, 6) is 0. The van der Waals surface area contributed by atoms with E-state index in [1.165, 1.54) is 0 Å². The molecule has 5 heteroatoms. The number of aliphatic hydroxyl groups is 1. The molecule has 0 aliphatic heterocycles. The average molecular weight is 212 g/mol. The molecular formula is C9H10ClN3O. The minimum Gasteiger partial charge on any atom is -0.391 e. The Morgan fingerprint density at radius 2 is 2.29 bits per heavy atom. The van der Waals surface area contributed by atoms with Crippen LogP contribution in [0, 0.1) is 11.3 Å². The number of rotatable bonds is 2. The fourth-order valence-electron chi connectivity index (χ4n) is 0.968. The van der Waals surface area contributed by atoms with Gasteiger partial charge in [0.25, 0.3) is 0 Å². The standard InChI is InChI=1S/C9H10ClN3O/c1-5(14)9(12)7-3-2-6(10)8(4-11)13-7/h2-3,5,9,14H,12H2,1H3/t5-,9+/m0/s1. The lowest BCUT2D eigenvalue weighted by Gasteiger charge is -2.13. The first kappa shape index (κ1) is 10.9. The van der Waals surface area contributed by atoms with Crippen LogP contribution in [0.4, 0.5) is 0 Å². The first-order valence-corrected chi connectivity index (χ1v) is 4.44. The van der Waals surface area contributed by atoms with Gasteiger partial charge >= 0.3 is 0 Å². The molecule has 14 heavy (non-hydrogen) atoms. The zero-order valence-corrected chi connectivity index (χ0v) is 8.36. The number of halogens is 1. The molecular weight excluding hydrogens is 202 g/mol. The lowest BCUT2D eigenvalue weighted by atomic mass is 10.1. The maximum atomic E-state index is 9.23. The third-order valence-corrected chi connectivity index (χ3v) is 2.14. The predicted molar refractivity (Wildman–Crippen MR) is 52.6 cm³/mol. The van der Waals surface area contributed by atoms with Gasteiger partial charge in [-0.05, 0) is 19.1 Å². The summed E-state index contributed by atoms with van der Waals surface area (Å²) in [6.45, 7) is 1.56. The Balaban J connectivity index is 3.08. The average Bonchev–Trinajstić information content (AvgIpc) is 2.17. The van der Waals surface area contributed by atoms with Crippen molar-refractivity contribution in [2.24, 2.45) is 5.73 Å². The molecule has 0 unspecified atom stereocenters. The second-order valence-corrected chi connectivity index (χ2v) is 3.35. The molecule has 1 heterocycles. The van der Waals surface area contributed by atoms with Crippen molar-refractivity contribution in [2.45, 2.75) is 19.1 Å². The van der Waals surface area contributed by atoms with Gasteiger partial charge in [-0.3, -0.25) is 0 Å². The number of nitriles is 1. The number of aromatic nitrogens is 1. The number of nitrogens with two attached hydrogens (primary N) is 1. The SMILES string of the molecule is C[C@H](O)[C@@H](N)c1ccc(Cl)c(C#N)n1. The Bertz CT molecular complexity index is 373. The lowest BCUT2D eigenvalue weighted by molar-refractivity contribution is 0.162. The van der Waals surface area contributed by atoms with E-state index in [4.69, 9.17) is 22.6 Å². The van der Waals surface area contributed by atoms with Gasteiger partial charge in [-0.15, -0.1) is 0 Å². The van der Waals surface area contributed by atoms with Gasteiger partial charge in [-0.1, -0.05) is 11.6 Å². The monoisotopic (exact) mass is 211 g/mol. The normalized spacial score (nSPS) is 14.5. The van der Waals surface area contributed by atoms with Gasteiger partial charge in [0.15, 0.2) is 5.69 Å². The number of hydrogen-bond donors (Lipinski definition) is 2. The Labute approximate surface area is 86.9 Å². The number of aliphatic hydroxyl groups excluding tert-OH is 1. The molecule has 0 aliphatic carbocycles. The molecule has 0 aromatic carbocycles. The summed E-state index contributed by atoms with van der Waals surface area (Å²) >= 11 is 5.69. The van der Waals surface area contributed by atoms with Gasteiger partial charge < -0.3 is 10.8 Å². The van der Waals surface area contributed by atoms with Crippen LogP contribution in [0.1, 0.15) is 24.4 Å². The molecule has 74 valence electrons. The summed E-state index contributed by atoms with van der Waals surface area (Å²) in [6.07, 6.45) is -0.713. The molecule has 4 nitrogen and oxygen atoms in total. The van der Waals surface area contributed by atoms with E-state index in [9.17, 15) is 5.11 Å². The summed E-state index contributed by atoms with van der Waals surface area (Å²) in [5, 5.41) is 18.2. The Morgan fingerprint density at radius 3 is 2.79 bits per heavy atom. The Kier molecular flexibility index (Phi) is 3.42. The molecule has 0 amide bonds. The largest absolute Gasteiger partial charge is 0.391 e. The van der Waals surface area contributed by atoms with Crippen molar-refractivity contribution in [3.05, 3.63) is 28.5 Å². The summed E-state index contributed by atoms with van der Waals surface area (Å²) in [4.78, 5) is 3.93. The van der Waals surface area contributed by atoms with E-state index in [1.807, 2.05) is 6.07 Å². The third-order valence-electron chi connectivity index (χ3n) is 1.83. The Hall–Kier alpha value is -1.15. The quantitative estimate of drug-likeness (QED) is 0.764. The number of nitrogens with zero attached hydrogens (tertiary/aromatic N) is 2. The van der Waals surface area contributed by atoms with Gasteiger partial charge in [0.05, 0.1) is 22.9 Å². The first-order valence-electron chi connectivity index (χ1n) is 4.06. The van der Waals surface area contributed by atoms with E-state index in [1.54, 1.807) is 19.1 Å². The van der Waals surface area contributed by atoms with E-state index >= 15 is 0 Å². The van der Waals surface area contributed by atoms with Crippen LogP contribution in [-0.4, -0.2) is 16.2 Å². The predicted octanol–water partition coefficient (Wildman–Crippen LogP) is 0.987. The van der Waals surface area contributed by atoms with Crippen LogP contribution in [0.15, 0.2) is 12.1 Å². The van der Waals surface area contributed by atoms with Crippen molar-refractivity contribution in [2.75, 3.05) is 0 Å². The molecule has 0 fully saturated rings.